The number of nitrogens with zero attached hydrogens (tertiary/aromatic N) is 3. The molecule has 4 nitrogen and oxygen atoms in total. The van der Waals surface area contributed by atoms with E-state index >= 15 is 0 Å². The van der Waals surface area contributed by atoms with Gasteiger partial charge in [-0.1, -0.05) is 32.9 Å². The number of nitrogens with one attached hydrogen (secondary N) is 1. The lowest BCUT2D eigenvalue weighted by Gasteiger charge is -2.22. The van der Waals surface area contributed by atoms with Gasteiger partial charge in [0.2, 0.25) is 0 Å². The molecule has 0 saturated heterocycles. The number of rotatable bonds is 5. The highest BCUT2D eigenvalue weighted by atomic mass is 32.2. The molecule has 1 aromatic carbocycles. The number of hydrogen-bond acceptors (Lipinski definition) is 4. The summed E-state index contributed by atoms with van der Waals surface area (Å²) in [6, 6.07) is 8.75. The monoisotopic (exact) mass is 304 g/mol. The summed E-state index contributed by atoms with van der Waals surface area (Å²) < 4.78 is 2.23. The zero-order valence-electron chi connectivity index (χ0n) is 13.4. The molecule has 21 heavy (non-hydrogen) atoms. The topological polar surface area (TPSA) is 42.7 Å². The maximum Gasteiger partial charge on any atom is 0.163 e. The Morgan fingerprint density at radius 3 is 2.71 bits per heavy atom. The largest absolute Gasteiger partial charge is 0.382 e. The van der Waals surface area contributed by atoms with Gasteiger partial charge in [-0.05, 0) is 19.1 Å². The number of anilines is 1. The van der Waals surface area contributed by atoms with E-state index in [0.717, 1.165) is 22.8 Å². The first-order valence-electron chi connectivity index (χ1n) is 7.20. The van der Waals surface area contributed by atoms with E-state index in [4.69, 9.17) is 0 Å². The van der Waals surface area contributed by atoms with Gasteiger partial charge in [-0.25, -0.2) is 0 Å². The van der Waals surface area contributed by atoms with E-state index in [1.54, 1.807) is 6.33 Å². The minimum absolute atomic E-state index is 0.302. The molecular formula is C16H24N4S. The normalized spacial score (nSPS) is 13.2. The van der Waals surface area contributed by atoms with Gasteiger partial charge in [0.15, 0.2) is 5.82 Å². The summed E-state index contributed by atoms with van der Waals surface area (Å²) in [4.78, 5) is 0. The summed E-state index contributed by atoms with van der Waals surface area (Å²) in [6.07, 6.45) is 1.72. The van der Waals surface area contributed by atoms with Gasteiger partial charge in [-0.3, -0.25) is 0 Å². The molecule has 0 aliphatic carbocycles. The van der Waals surface area contributed by atoms with Crippen LogP contribution >= 0.6 is 11.8 Å². The van der Waals surface area contributed by atoms with Crippen LogP contribution in [0.2, 0.25) is 0 Å². The Balaban J connectivity index is 2.03. The molecule has 0 aliphatic rings. The van der Waals surface area contributed by atoms with Crippen LogP contribution < -0.4 is 5.32 Å². The number of benzene rings is 1. The van der Waals surface area contributed by atoms with Crippen molar-refractivity contribution in [2.45, 2.75) is 38.5 Å². The van der Waals surface area contributed by atoms with Gasteiger partial charge < -0.3 is 9.88 Å². The summed E-state index contributed by atoms with van der Waals surface area (Å²) in [5.41, 5.74) is 2.20. The first-order valence-corrected chi connectivity index (χ1v) is 8.18. The third-order valence-corrected chi connectivity index (χ3v) is 4.54. The van der Waals surface area contributed by atoms with E-state index in [0.29, 0.717) is 10.8 Å². The number of thioether (sulfide) groups is 1. The minimum atomic E-state index is 0.302. The molecule has 5 heteroatoms. The first-order chi connectivity index (χ1) is 9.85. The van der Waals surface area contributed by atoms with E-state index in [1.165, 1.54) is 0 Å². The molecule has 1 aromatic heterocycles. The van der Waals surface area contributed by atoms with Crippen LogP contribution in [0.1, 0.15) is 27.7 Å². The SMILES string of the molecule is C[C@@H](CSC(C)(C)C)Nc1cccc(-c2nncn2C)c1. The molecular weight excluding hydrogens is 280 g/mol. The molecule has 0 unspecified atom stereocenters. The third-order valence-electron chi connectivity index (χ3n) is 3.01. The van der Waals surface area contributed by atoms with Gasteiger partial charge in [0.25, 0.3) is 0 Å². The summed E-state index contributed by atoms with van der Waals surface area (Å²) in [6.45, 7) is 8.96. The highest BCUT2D eigenvalue weighted by Crippen LogP contribution is 2.25. The van der Waals surface area contributed by atoms with E-state index in [9.17, 15) is 0 Å². The molecule has 1 N–H and O–H groups in total. The number of aromatic nitrogens is 3. The van der Waals surface area contributed by atoms with Crippen LogP contribution in [0.15, 0.2) is 30.6 Å². The minimum Gasteiger partial charge on any atom is -0.382 e. The predicted molar refractivity (Wildman–Crippen MR) is 91.7 cm³/mol. The lowest BCUT2D eigenvalue weighted by atomic mass is 10.2. The predicted octanol–water partition coefficient (Wildman–Crippen LogP) is 3.81. The molecule has 0 amide bonds. The van der Waals surface area contributed by atoms with Gasteiger partial charge in [0.05, 0.1) is 0 Å². The van der Waals surface area contributed by atoms with Crippen molar-refractivity contribution >= 4 is 17.4 Å². The first kappa shape index (κ1) is 15.9. The second-order valence-corrected chi connectivity index (χ2v) is 8.16. The van der Waals surface area contributed by atoms with Crippen molar-refractivity contribution in [3.8, 4) is 11.4 Å². The Kier molecular flexibility index (Phi) is 4.93. The second-order valence-electron chi connectivity index (χ2n) is 6.32. The maximum atomic E-state index is 4.16. The standard InChI is InChI=1S/C16H24N4S/c1-12(10-21-16(2,3)4)18-14-8-6-7-13(9-14)15-19-17-11-20(15)5/h6-9,11-12,18H,10H2,1-5H3/t12-/m0/s1. The molecule has 0 fully saturated rings. The van der Waals surface area contributed by atoms with Crippen molar-refractivity contribution in [3.63, 3.8) is 0 Å². The molecule has 0 radical (unpaired) electrons. The van der Waals surface area contributed by atoms with Gasteiger partial charge in [0.1, 0.15) is 6.33 Å². The van der Waals surface area contributed by atoms with Crippen LogP contribution in [0.3, 0.4) is 0 Å². The van der Waals surface area contributed by atoms with Crippen molar-refractivity contribution in [1.82, 2.24) is 14.8 Å². The molecule has 0 aliphatic heterocycles. The quantitative estimate of drug-likeness (QED) is 0.912. The molecule has 0 saturated carbocycles. The summed E-state index contributed by atoms with van der Waals surface area (Å²) in [5, 5.41) is 11.6. The van der Waals surface area contributed by atoms with E-state index in [1.807, 2.05) is 23.4 Å². The average Bonchev–Trinajstić information content (AvgIpc) is 2.82. The Bertz CT molecular complexity index is 586. The van der Waals surface area contributed by atoms with Crippen LogP contribution in [-0.4, -0.2) is 31.3 Å². The fourth-order valence-corrected chi connectivity index (χ4v) is 2.83. The molecule has 1 atom stereocenters. The maximum absolute atomic E-state index is 4.16. The third kappa shape index (κ3) is 4.77. The van der Waals surface area contributed by atoms with Crippen molar-refractivity contribution in [2.75, 3.05) is 11.1 Å². The fourth-order valence-electron chi connectivity index (χ4n) is 1.99. The van der Waals surface area contributed by atoms with E-state index < -0.39 is 0 Å². The van der Waals surface area contributed by atoms with Crippen LogP contribution in [0.4, 0.5) is 5.69 Å². The van der Waals surface area contributed by atoms with Gasteiger partial charge in [-0.2, -0.15) is 11.8 Å². The molecule has 0 bridgehead atoms. The Morgan fingerprint density at radius 2 is 2.10 bits per heavy atom. The van der Waals surface area contributed by atoms with Crippen molar-refractivity contribution < 1.29 is 0 Å². The molecule has 1 heterocycles. The summed E-state index contributed by atoms with van der Waals surface area (Å²) >= 11 is 1.98. The summed E-state index contributed by atoms with van der Waals surface area (Å²) in [5.74, 6) is 1.97. The highest BCUT2D eigenvalue weighted by Gasteiger charge is 2.13. The number of hydrogen-bond donors (Lipinski definition) is 1. The Morgan fingerprint density at radius 1 is 1.33 bits per heavy atom. The Labute approximate surface area is 131 Å². The van der Waals surface area contributed by atoms with E-state index in [-0.39, 0.29) is 0 Å². The van der Waals surface area contributed by atoms with Gasteiger partial charge in [-0.15, -0.1) is 10.2 Å². The van der Waals surface area contributed by atoms with Crippen molar-refractivity contribution in [3.05, 3.63) is 30.6 Å². The van der Waals surface area contributed by atoms with E-state index in [2.05, 4.69) is 67.5 Å². The lowest BCUT2D eigenvalue weighted by Crippen LogP contribution is -2.21. The highest BCUT2D eigenvalue weighted by molar-refractivity contribution is 8.00. The van der Waals surface area contributed by atoms with Crippen LogP contribution in [-0.2, 0) is 7.05 Å². The van der Waals surface area contributed by atoms with Crippen LogP contribution in [0.5, 0.6) is 0 Å². The van der Waals surface area contributed by atoms with Crippen molar-refractivity contribution in [1.29, 1.82) is 0 Å². The molecule has 2 rings (SSSR count). The van der Waals surface area contributed by atoms with Crippen LogP contribution in [0, 0.1) is 0 Å². The zero-order chi connectivity index (χ0) is 15.5. The fraction of sp³-hybridized carbons (Fsp3) is 0.500. The molecule has 0 spiro atoms. The Hall–Kier alpha value is -1.49. The smallest absolute Gasteiger partial charge is 0.163 e. The second kappa shape index (κ2) is 6.52. The molecule has 114 valence electrons. The average molecular weight is 304 g/mol. The van der Waals surface area contributed by atoms with Crippen LogP contribution in [0.25, 0.3) is 11.4 Å². The zero-order valence-corrected chi connectivity index (χ0v) is 14.2. The lowest BCUT2D eigenvalue weighted by molar-refractivity contribution is 0.794. The number of aryl methyl sites for hydroxylation is 1. The molecule has 2 aromatic rings. The van der Waals surface area contributed by atoms with Gasteiger partial charge >= 0.3 is 0 Å². The summed E-state index contributed by atoms with van der Waals surface area (Å²) in [7, 11) is 1.96. The van der Waals surface area contributed by atoms with Crippen molar-refractivity contribution in [2.24, 2.45) is 7.05 Å². The van der Waals surface area contributed by atoms with Gasteiger partial charge in [0, 0.05) is 34.8 Å².